The van der Waals surface area contributed by atoms with Crippen molar-refractivity contribution in [2.75, 3.05) is 11.1 Å². The van der Waals surface area contributed by atoms with Gasteiger partial charge in [0.2, 0.25) is 11.1 Å². The van der Waals surface area contributed by atoms with E-state index in [0.717, 1.165) is 11.8 Å². The van der Waals surface area contributed by atoms with E-state index < -0.39 is 35.1 Å². The number of anilines is 1. The molecule has 1 N–H and O–H groups in total. The fourth-order valence-electron chi connectivity index (χ4n) is 1.70. The van der Waals surface area contributed by atoms with Crippen molar-refractivity contribution in [3.05, 3.63) is 29.3 Å². The number of tetrazole rings is 1. The highest BCUT2D eigenvalue weighted by atomic mass is 32.2. The van der Waals surface area contributed by atoms with Crippen molar-refractivity contribution in [2.45, 2.75) is 17.5 Å². The molecule has 0 unspecified atom stereocenters. The lowest BCUT2D eigenvalue weighted by Gasteiger charge is -2.14. The zero-order valence-electron chi connectivity index (χ0n) is 12.3. The van der Waals surface area contributed by atoms with Crippen LogP contribution in [0.4, 0.5) is 32.0 Å². The Morgan fingerprint density at radius 1 is 1.12 bits per heavy atom. The Kier molecular flexibility index (Phi) is 5.25. The van der Waals surface area contributed by atoms with Gasteiger partial charge < -0.3 is 5.32 Å². The van der Waals surface area contributed by atoms with Crippen LogP contribution in [0.25, 0.3) is 0 Å². The number of nitrogens with zero attached hydrogens (tertiary/aromatic N) is 4. The van der Waals surface area contributed by atoms with E-state index in [0.29, 0.717) is 12.1 Å². The van der Waals surface area contributed by atoms with E-state index in [9.17, 15) is 31.1 Å². The average Bonchev–Trinajstić information content (AvgIpc) is 2.88. The summed E-state index contributed by atoms with van der Waals surface area (Å²) in [6.45, 7) is 0. The molecule has 1 aromatic heterocycles. The maximum Gasteiger partial charge on any atom is 0.416 e. The number of hydrogen-bond donors (Lipinski definition) is 1. The SMILES string of the molecule is Cn1nnnc1SCC(=O)Nc1cc(C(F)(F)F)cc(C(F)(F)F)c1. The Bertz CT molecular complexity index is 740. The first-order valence-electron chi connectivity index (χ1n) is 6.41. The molecule has 0 saturated heterocycles. The molecule has 0 aliphatic rings. The number of carbonyl (C=O) groups is 1. The van der Waals surface area contributed by atoms with Gasteiger partial charge >= 0.3 is 12.4 Å². The van der Waals surface area contributed by atoms with Gasteiger partial charge in [0.25, 0.3) is 0 Å². The molecule has 0 bridgehead atoms. The van der Waals surface area contributed by atoms with Gasteiger partial charge in [-0.3, -0.25) is 4.79 Å². The number of alkyl halides is 6. The molecule has 0 atom stereocenters. The molecular weight excluding hydrogens is 376 g/mol. The summed E-state index contributed by atoms with van der Waals surface area (Å²) < 4.78 is 77.7. The topological polar surface area (TPSA) is 72.7 Å². The molecule has 0 spiro atoms. The summed E-state index contributed by atoms with van der Waals surface area (Å²) in [6.07, 6.45) is -9.97. The number of aryl methyl sites for hydroxylation is 1. The van der Waals surface area contributed by atoms with E-state index in [4.69, 9.17) is 0 Å². The summed E-state index contributed by atoms with van der Waals surface area (Å²) in [7, 11) is 1.50. The van der Waals surface area contributed by atoms with Crippen LogP contribution in [0.5, 0.6) is 0 Å². The van der Waals surface area contributed by atoms with Crippen molar-refractivity contribution in [1.29, 1.82) is 0 Å². The van der Waals surface area contributed by atoms with Gasteiger partial charge in [0.15, 0.2) is 0 Å². The summed E-state index contributed by atoms with van der Waals surface area (Å²) >= 11 is 0.871. The van der Waals surface area contributed by atoms with Crippen LogP contribution in [0, 0.1) is 0 Å². The molecule has 0 fully saturated rings. The molecule has 0 radical (unpaired) electrons. The number of benzene rings is 1. The number of carbonyl (C=O) groups excluding carboxylic acids is 1. The molecule has 1 amide bonds. The van der Waals surface area contributed by atoms with Crippen molar-refractivity contribution in [3.8, 4) is 0 Å². The van der Waals surface area contributed by atoms with E-state index in [-0.39, 0.29) is 17.0 Å². The monoisotopic (exact) mass is 385 g/mol. The van der Waals surface area contributed by atoms with Gasteiger partial charge in [0, 0.05) is 12.7 Å². The summed E-state index contributed by atoms with van der Waals surface area (Å²) in [4.78, 5) is 11.8. The van der Waals surface area contributed by atoms with E-state index in [1.807, 2.05) is 5.32 Å². The standard InChI is InChI=1S/C12H9F6N5OS/c1-23-10(20-21-22-23)25-5-9(24)19-8-3-6(11(13,14)15)2-7(4-8)12(16,17)18/h2-4H,5H2,1H3,(H,19,24). The third-order valence-corrected chi connectivity index (χ3v) is 3.80. The first kappa shape index (κ1) is 19.0. The minimum absolute atomic E-state index is 0.0182. The van der Waals surface area contributed by atoms with Crippen LogP contribution >= 0.6 is 11.8 Å². The third-order valence-electron chi connectivity index (χ3n) is 2.79. The molecule has 13 heteroatoms. The number of nitrogens with one attached hydrogen (secondary N) is 1. The average molecular weight is 385 g/mol. The molecule has 0 aliphatic heterocycles. The third kappa shape index (κ3) is 5.08. The predicted molar refractivity (Wildman–Crippen MR) is 74.6 cm³/mol. The maximum atomic E-state index is 12.7. The maximum absolute atomic E-state index is 12.7. The Hall–Kier alpha value is -2.31. The molecule has 2 aromatic rings. The van der Waals surface area contributed by atoms with Gasteiger partial charge in [-0.05, 0) is 28.6 Å². The number of aromatic nitrogens is 4. The molecule has 2 rings (SSSR count). The Morgan fingerprint density at radius 2 is 1.68 bits per heavy atom. The van der Waals surface area contributed by atoms with E-state index in [2.05, 4.69) is 15.5 Å². The van der Waals surface area contributed by atoms with Gasteiger partial charge in [-0.25, -0.2) is 4.68 Å². The summed E-state index contributed by atoms with van der Waals surface area (Å²) in [5, 5.41) is 12.7. The van der Waals surface area contributed by atoms with Crippen LogP contribution < -0.4 is 5.32 Å². The van der Waals surface area contributed by atoms with Crippen LogP contribution in [0.2, 0.25) is 0 Å². The number of halogens is 6. The number of rotatable bonds is 4. The number of amides is 1. The summed E-state index contributed by atoms with van der Waals surface area (Å²) in [5.41, 5.74) is -3.63. The van der Waals surface area contributed by atoms with E-state index in [1.54, 1.807) is 0 Å². The Balaban J connectivity index is 2.17. The molecule has 0 aliphatic carbocycles. The van der Waals surface area contributed by atoms with Crippen LogP contribution in [-0.4, -0.2) is 31.9 Å². The lowest BCUT2D eigenvalue weighted by atomic mass is 10.1. The molecule has 25 heavy (non-hydrogen) atoms. The predicted octanol–water partition coefficient (Wildman–Crippen LogP) is 2.98. The first-order valence-corrected chi connectivity index (χ1v) is 7.40. The number of hydrogen-bond acceptors (Lipinski definition) is 5. The van der Waals surface area contributed by atoms with Gasteiger partial charge in [0.05, 0.1) is 16.9 Å². The summed E-state index contributed by atoms with van der Waals surface area (Å²) in [5.74, 6) is -1.10. The first-order chi connectivity index (χ1) is 11.5. The minimum atomic E-state index is -4.99. The second-order valence-electron chi connectivity index (χ2n) is 4.72. The fraction of sp³-hybridized carbons (Fsp3) is 0.333. The second kappa shape index (κ2) is 6.90. The molecular formula is C12H9F6N5OS. The van der Waals surface area contributed by atoms with Gasteiger partial charge in [-0.1, -0.05) is 11.8 Å². The van der Waals surface area contributed by atoms with Gasteiger partial charge in [0.1, 0.15) is 0 Å². The molecule has 0 saturated carbocycles. The quantitative estimate of drug-likeness (QED) is 0.647. The van der Waals surface area contributed by atoms with Crippen LogP contribution in [0.15, 0.2) is 23.4 Å². The molecule has 1 aromatic carbocycles. The minimum Gasteiger partial charge on any atom is -0.325 e. The Labute approximate surface area is 140 Å². The zero-order valence-corrected chi connectivity index (χ0v) is 13.1. The zero-order chi connectivity index (χ0) is 18.8. The highest BCUT2D eigenvalue weighted by Crippen LogP contribution is 2.37. The van der Waals surface area contributed by atoms with Gasteiger partial charge in [-0.15, -0.1) is 5.10 Å². The highest BCUT2D eigenvalue weighted by molar-refractivity contribution is 7.99. The largest absolute Gasteiger partial charge is 0.416 e. The smallest absolute Gasteiger partial charge is 0.325 e. The lowest BCUT2D eigenvalue weighted by molar-refractivity contribution is -0.143. The lowest BCUT2D eigenvalue weighted by Crippen LogP contribution is -2.17. The molecule has 136 valence electrons. The normalized spacial score (nSPS) is 12.3. The van der Waals surface area contributed by atoms with Crippen molar-refractivity contribution < 1.29 is 31.1 Å². The van der Waals surface area contributed by atoms with Crippen LogP contribution in [0.1, 0.15) is 11.1 Å². The van der Waals surface area contributed by atoms with Gasteiger partial charge in [-0.2, -0.15) is 26.3 Å². The Morgan fingerprint density at radius 3 is 2.12 bits per heavy atom. The molecule has 1 heterocycles. The molecule has 6 nitrogen and oxygen atoms in total. The van der Waals surface area contributed by atoms with Crippen molar-refractivity contribution in [3.63, 3.8) is 0 Å². The number of thioether (sulfide) groups is 1. The van der Waals surface area contributed by atoms with Crippen molar-refractivity contribution >= 4 is 23.4 Å². The fourth-order valence-corrected chi connectivity index (χ4v) is 2.35. The van der Waals surface area contributed by atoms with Crippen molar-refractivity contribution in [2.24, 2.45) is 7.05 Å². The van der Waals surface area contributed by atoms with E-state index >= 15 is 0 Å². The van der Waals surface area contributed by atoms with E-state index in [1.165, 1.54) is 11.7 Å². The summed E-state index contributed by atoms with van der Waals surface area (Å²) in [6, 6.07) is 0.846. The highest BCUT2D eigenvalue weighted by Gasteiger charge is 2.37. The van der Waals surface area contributed by atoms with Crippen LogP contribution in [-0.2, 0) is 24.2 Å². The van der Waals surface area contributed by atoms with Crippen LogP contribution in [0.3, 0.4) is 0 Å². The van der Waals surface area contributed by atoms with Crippen molar-refractivity contribution in [1.82, 2.24) is 20.2 Å². The second-order valence-corrected chi connectivity index (χ2v) is 5.66.